The highest BCUT2D eigenvalue weighted by molar-refractivity contribution is 6.03. The predicted octanol–water partition coefficient (Wildman–Crippen LogP) is 4.37. The lowest BCUT2D eigenvalue weighted by atomic mass is 9.46. The number of Topliss-reactive ketones (excluding diaryl/α,β-unsaturated/α-hetero) is 1. The SMILES string of the molecule is C=CC#CC(=O)[C@@]1(O)CC[C@@H]2[C@@H]3CC=C4C[C@H](OC(C)=O)CC[C@]4(C)[C@@H]3CC[C@@]21C. The zero-order valence-electron chi connectivity index (χ0n) is 18.5. The lowest BCUT2D eigenvalue weighted by Gasteiger charge is -2.58. The maximum atomic E-state index is 12.8. The van der Waals surface area contributed by atoms with Crippen molar-refractivity contribution in [2.45, 2.75) is 83.8 Å². The van der Waals surface area contributed by atoms with Crippen molar-refractivity contribution in [3.05, 3.63) is 24.3 Å². The van der Waals surface area contributed by atoms with Gasteiger partial charge in [-0.15, -0.1) is 0 Å². The number of aliphatic hydroxyl groups is 1. The third-order valence-electron chi connectivity index (χ3n) is 9.21. The van der Waals surface area contributed by atoms with Crippen LogP contribution in [0.4, 0.5) is 0 Å². The number of fused-ring (bicyclic) bond motifs is 5. The molecule has 4 aliphatic carbocycles. The summed E-state index contributed by atoms with van der Waals surface area (Å²) in [7, 11) is 0. The Morgan fingerprint density at radius 2 is 1.93 bits per heavy atom. The topological polar surface area (TPSA) is 63.6 Å². The van der Waals surface area contributed by atoms with Gasteiger partial charge < -0.3 is 9.84 Å². The van der Waals surface area contributed by atoms with E-state index in [1.54, 1.807) is 0 Å². The number of rotatable bonds is 2. The molecule has 3 saturated carbocycles. The highest BCUT2D eigenvalue weighted by atomic mass is 16.5. The van der Waals surface area contributed by atoms with Crippen molar-refractivity contribution < 1.29 is 19.4 Å². The van der Waals surface area contributed by atoms with Gasteiger partial charge in [0.15, 0.2) is 0 Å². The van der Waals surface area contributed by atoms with Crippen molar-refractivity contribution in [1.82, 2.24) is 0 Å². The fourth-order valence-electron chi connectivity index (χ4n) is 7.57. The van der Waals surface area contributed by atoms with E-state index in [2.05, 4.69) is 38.3 Å². The molecule has 0 heterocycles. The Labute approximate surface area is 180 Å². The molecule has 0 unspecified atom stereocenters. The molecule has 3 fully saturated rings. The minimum atomic E-state index is -1.35. The number of esters is 1. The summed E-state index contributed by atoms with van der Waals surface area (Å²) in [6.45, 7) is 9.56. The molecule has 0 amide bonds. The van der Waals surface area contributed by atoms with Gasteiger partial charge in [0.1, 0.15) is 11.7 Å². The first kappa shape index (κ1) is 21.4. The summed E-state index contributed by atoms with van der Waals surface area (Å²) in [6.07, 6.45) is 10.9. The summed E-state index contributed by atoms with van der Waals surface area (Å²) >= 11 is 0. The monoisotopic (exact) mass is 410 g/mol. The molecule has 4 rings (SSSR count). The highest BCUT2D eigenvalue weighted by Crippen LogP contribution is 2.67. The summed E-state index contributed by atoms with van der Waals surface area (Å²) in [5.41, 5.74) is -0.186. The minimum absolute atomic E-state index is 0.00450. The number of hydrogen-bond donors (Lipinski definition) is 1. The van der Waals surface area contributed by atoms with Crippen LogP contribution in [0.15, 0.2) is 24.3 Å². The van der Waals surface area contributed by atoms with E-state index in [0.717, 1.165) is 44.9 Å². The van der Waals surface area contributed by atoms with Crippen LogP contribution < -0.4 is 0 Å². The van der Waals surface area contributed by atoms with Crippen LogP contribution in [0.3, 0.4) is 0 Å². The van der Waals surface area contributed by atoms with Gasteiger partial charge in [0.2, 0.25) is 5.78 Å². The van der Waals surface area contributed by atoms with Gasteiger partial charge in [-0.05, 0) is 80.1 Å². The van der Waals surface area contributed by atoms with Crippen molar-refractivity contribution in [2.75, 3.05) is 0 Å². The van der Waals surface area contributed by atoms with E-state index in [-0.39, 0.29) is 23.3 Å². The van der Waals surface area contributed by atoms with Gasteiger partial charge in [0.05, 0.1) is 0 Å². The predicted molar refractivity (Wildman–Crippen MR) is 115 cm³/mol. The van der Waals surface area contributed by atoms with Crippen LogP contribution in [0.2, 0.25) is 0 Å². The lowest BCUT2D eigenvalue weighted by Crippen LogP contribution is -2.57. The Morgan fingerprint density at radius 1 is 1.20 bits per heavy atom. The van der Waals surface area contributed by atoms with Gasteiger partial charge in [-0.3, -0.25) is 9.59 Å². The van der Waals surface area contributed by atoms with Crippen LogP contribution in [-0.2, 0) is 14.3 Å². The van der Waals surface area contributed by atoms with Gasteiger partial charge in [0, 0.05) is 18.8 Å². The number of ketones is 1. The maximum absolute atomic E-state index is 12.8. The Morgan fingerprint density at radius 3 is 2.63 bits per heavy atom. The van der Waals surface area contributed by atoms with E-state index < -0.39 is 11.0 Å². The van der Waals surface area contributed by atoms with Gasteiger partial charge in [-0.25, -0.2) is 0 Å². The Hall–Kier alpha value is -1.86. The normalized spacial score (nSPS) is 44.3. The Kier molecular flexibility index (Phi) is 5.26. The first-order valence-corrected chi connectivity index (χ1v) is 11.4. The summed E-state index contributed by atoms with van der Waals surface area (Å²) < 4.78 is 5.52. The van der Waals surface area contributed by atoms with Crippen LogP contribution in [0, 0.1) is 40.4 Å². The van der Waals surface area contributed by atoms with Crippen molar-refractivity contribution in [2.24, 2.45) is 28.6 Å². The van der Waals surface area contributed by atoms with Crippen molar-refractivity contribution in [3.8, 4) is 11.8 Å². The molecule has 4 nitrogen and oxygen atoms in total. The molecule has 4 heteroatoms. The molecule has 0 spiro atoms. The fraction of sp³-hybridized carbons (Fsp3) is 0.692. The van der Waals surface area contributed by atoms with Crippen LogP contribution >= 0.6 is 0 Å². The molecule has 0 aromatic rings. The van der Waals surface area contributed by atoms with Gasteiger partial charge in [-0.2, -0.15) is 0 Å². The number of hydrogen-bond acceptors (Lipinski definition) is 4. The van der Waals surface area contributed by atoms with Crippen LogP contribution in [0.1, 0.15) is 72.1 Å². The van der Waals surface area contributed by atoms with Crippen molar-refractivity contribution in [3.63, 3.8) is 0 Å². The lowest BCUT2D eigenvalue weighted by molar-refractivity contribution is -0.157. The maximum Gasteiger partial charge on any atom is 0.302 e. The Bertz CT molecular complexity index is 860. The van der Waals surface area contributed by atoms with Gasteiger partial charge >= 0.3 is 5.97 Å². The summed E-state index contributed by atoms with van der Waals surface area (Å²) in [6, 6.07) is 0. The molecule has 0 bridgehead atoms. The van der Waals surface area contributed by atoms with E-state index in [1.165, 1.54) is 18.6 Å². The number of carbonyl (C=O) groups excluding carboxylic acids is 2. The molecular formula is C26H34O4. The number of carbonyl (C=O) groups is 2. The second-order valence-electron chi connectivity index (χ2n) is 10.4. The quantitative estimate of drug-likeness (QED) is 0.318. The van der Waals surface area contributed by atoms with Gasteiger partial charge in [-0.1, -0.05) is 38.0 Å². The van der Waals surface area contributed by atoms with Crippen molar-refractivity contribution >= 4 is 11.8 Å². The van der Waals surface area contributed by atoms with Crippen molar-refractivity contribution in [1.29, 1.82) is 0 Å². The molecule has 1 N–H and O–H groups in total. The van der Waals surface area contributed by atoms with E-state index in [1.807, 2.05) is 0 Å². The van der Waals surface area contributed by atoms with Crippen LogP contribution in [0.5, 0.6) is 0 Å². The third kappa shape index (κ3) is 3.01. The highest BCUT2D eigenvalue weighted by Gasteiger charge is 2.66. The molecule has 30 heavy (non-hydrogen) atoms. The molecular weight excluding hydrogens is 376 g/mol. The first-order chi connectivity index (χ1) is 14.2. The second-order valence-corrected chi connectivity index (χ2v) is 10.4. The molecule has 0 aromatic heterocycles. The molecule has 4 aliphatic rings. The van der Waals surface area contributed by atoms with E-state index in [4.69, 9.17) is 4.74 Å². The molecule has 162 valence electrons. The van der Waals surface area contributed by atoms with Gasteiger partial charge in [0.25, 0.3) is 0 Å². The first-order valence-electron chi connectivity index (χ1n) is 11.4. The average molecular weight is 411 g/mol. The third-order valence-corrected chi connectivity index (χ3v) is 9.21. The smallest absolute Gasteiger partial charge is 0.302 e. The zero-order valence-corrected chi connectivity index (χ0v) is 18.5. The summed E-state index contributed by atoms with van der Waals surface area (Å²) in [5, 5.41) is 11.5. The fourth-order valence-corrected chi connectivity index (χ4v) is 7.57. The van der Waals surface area contributed by atoms with Crippen LogP contribution in [0.25, 0.3) is 0 Å². The average Bonchev–Trinajstić information content (AvgIpc) is 2.98. The van der Waals surface area contributed by atoms with E-state index >= 15 is 0 Å². The minimum Gasteiger partial charge on any atom is -0.462 e. The number of ether oxygens (including phenoxy) is 1. The molecule has 0 aliphatic heterocycles. The van der Waals surface area contributed by atoms with E-state index in [9.17, 15) is 14.7 Å². The summed E-state index contributed by atoms with van der Waals surface area (Å²) in [5.74, 6) is 6.09. The zero-order chi connectivity index (χ0) is 21.7. The second kappa shape index (κ2) is 7.38. The largest absolute Gasteiger partial charge is 0.462 e. The van der Waals surface area contributed by atoms with E-state index in [0.29, 0.717) is 24.2 Å². The molecule has 0 saturated heterocycles. The molecule has 0 radical (unpaired) electrons. The van der Waals surface area contributed by atoms with Crippen LogP contribution in [-0.4, -0.2) is 28.6 Å². The number of allylic oxidation sites excluding steroid dienone is 2. The Balaban J connectivity index is 1.60. The summed E-state index contributed by atoms with van der Waals surface area (Å²) in [4.78, 5) is 24.3. The standard InChI is InChI=1S/C26H34O4/c1-5-6-7-23(28)26(29)15-12-22-20-9-8-18-16-19(30-17(2)27)10-13-24(18,3)21(20)11-14-25(22,26)4/h5,8,19-22,29H,1,9-16H2,2-4H3/t19-,20-,21-,22-,24+,25+,26+/m1/s1. The molecule has 0 aromatic carbocycles. The molecule has 7 atom stereocenters.